The Morgan fingerprint density at radius 1 is 1.33 bits per heavy atom. The van der Waals surface area contributed by atoms with Crippen molar-refractivity contribution in [1.82, 2.24) is 4.72 Å². The van der Waals surface area contributed by atoms with E-state index in [4.69, 9.17) is 4.74 Å². The van der Waals surface area contributed by atoms with Crippen molar-refractivity contribution in [3.8, 4) is 0 Å². The van der Waals surface area contributed by atoms with Crippen LogP contribution in [0.15, 0.2) is 29.2 Å². The largest absolute Gasteiger partial charge is 0.383 e. The predicted molar refractivity (Wildman–Crippen MR) is 79.2 cm³/mol. The molecule has 0 aliphatic carbocycles. The summed E-state index contributed by atoms with van der Waals surface area (Å²) in [5, 5.41) is -1.09. The Bertz CT molecular complexity index is 738. The van der Waals surface area contributed by atoms with Gasteiger partial charge in [0.2, 0.25) is 10.0 Å². The monoisotopic (exact) mass is 333 g/mol. The van der Waals surface area contributed by atoms with Crippen molar-refractivity contribution in [2.45, 2.75) is 29.5 Å². The van der Waals surface area contributed by atoms with Gasteiger partial charge in [0, 0.05) is 7.11 Å². The third kappa shape index (κ3) is 3.28. The summed E-state index contributed by atoms with van der Waals surface area (Å²) < 4.78 is 56.8. The molecule has 21 heavy (non-hydrogen) atoms. The zero-order valence-corrected chi connectivity index (χ0v) is 13.8. The summed E-state index contributed by atoms with van der Waals surface area (Å²) in [6.45, 7) is 3.56. The van der Waals surface area contributed by atoms with E-state index in [2.05, 4.69) is 4.72 Å². The minimum Gasteiger partial charge on any atom is -0.383 e. The second kappa shape index (κ2) is 5.35. The van der Waals surface area contributed by atoms with Gasteiger partial charge in [-0.25, -0.2) is 21.6 Å². The van der Waals surface area contributed by atoms with E-state index in [1.54, 1.807) is 32.0 Å². The molecule has 0 saturated heterocycles. The molecule has 1 atom stereocenters. The van der Waals surface area contributed by atoms with Gasteiger partial charge in [0.15, 0.2) is 9.84 Å². The molecule has 1 aliphatic rings. The zero-order chi connectivity index (χ0) is 15.9. The van der Waals surface area contributed by atoms with Gasteiger partial charge in [0.05, 0.1) is 22.8 Å². The third-order valence-corrected chi connectivity index (χ3v) is 7.30. The van der Waals surface area contributed by atoms with Crippen molar-refractivity contribution in [2.24, 2.45) is 0 Å². The van der Waals surface area contributed by atoms with E-state index in [1.807, 2.05) is 0 Å². The van der Waals surface area contributed by atoms with Crippen LogP contribution in [-0.4, -0.2) is 41.8 Å². The van der Waals surface area contributed by atoms with Gasteiger partial charge in [-0.1, -0.05) is 18.2 Å². The Labute approximate surface area is 125 Å². The fourth-order valence-corrected chi connectivity index (χ4v) is 6.96. The molecule has 6 nitrogen and oxygen atoms in total. The van der Waals surface area contributed by atoms with Crippen LogP contribution in [0, 0.1) is 0 Å². The number of rotatable bonds is 5. The lowest BCUT2D eigenvalue weighted by Gasteiger charge is -2.26. The fourth-order valence-electron chi connectivity index (χ4n) is 2.51. The highest BCUT2D eigenvalue weighted by Gasteiger charge is 2.43. The van der Waals surface area contributed by atoms with Crippen LogP contribution in [0.4, 0.5) is 0 Å². The topological polar surface area (TPSA) is 89.5 Å². The van der Waals surface area contributed by atoms with Crippen molar-refractivity contribution >= 4 is 19.9 Å². The first-order valence-corrected chi connectivity index (χ1v) is 9.62. The lowest BCUT2D eigenvalue weighted by Crippen LogP contribution is -2.48. The molecule has 1 heterocycles. The summed E-state index contributed by atoms with van der Waals surface area (Å²) in [5.41, 5.74) is -0.479. The van der Waals surface area contributed by atoms with Gasteiger partial charge < -0.3 is 4.74 Å². The van der Waals surface area contributed by atoms with Crippen LogP contribution in [0.1, 0.15) is 24.7 Å². The molecule has 0 unspecified atom stereocenters. The summed E-state index contributed by atoms with van der Waals surface area (Å²) >= 11 is 0. The molecule has 0 amide bonds. The number of nitrogens with one attached hydrogen (secondary N) is 1. The molecule has 8 heteroatoms. The van der Waals surface area contributed by atoms with Crippen molar-refractivity contribution < 1.29 is 21.6 Å². The third-order valence-electron chi connectivity index (χ3n) is 3.27. The summed E-state index contributed by atoms with van der Waals surface area (Å²) in [6, 6.07) is 6.23. The first-order chi connectivity index (χ1) is 9.59. The smallest absolute Gasteiger partial charge is 0.220 e. The number of methoxy groups -OCH3 is 1. The van der Waals surface area contributed by atoms with E-state index in [1.165, 1.54) is 13.2 Å². The van der Waals surface area contributed by atoms with E-state index in [9.17, 15) is 16.8 Å². The number of hydrogen-bond donors (Lipinski definition) is 1. The number of hydrogen-bond acceptors (Lipinski definition) is 5. The molecule has 0 saturated carbocycles. The Morgan fingerprint density at radius 2 is 1.95 bits per heavy atom. The summed E-state index contributed by atoms with van der Waals surface area (Å²) in [5.74, 6) is -0.426. The first-order valence-electron chi connectivity index (χ1n) is 6.42. The number of sulfonamides is 1. The highest BCUT2D eigenvalue weighted by atomic mass is 32.2. The van der Waals surface area contributed by atoms with Gasteiger partial charge in [0.25, 0.3) is 0 Å². The van der Waals surface area contributed by atoms with E-state index >= 15 is 0 Å². The average Bonchev–Trinajstić information content (AvgIpc) is 2.61. The van der Waals surface area contributed by atoms with E-state index in [-0.39, 0.29) is 11.5 Å². The van der Waals surface area contributed by atoms with Gasteiger partial charge >= 0.3 is 0 Å². The molecule has 0 radical (unpaired) electrons. The molecule has 0 aromatic heterocycles. The van der Waals surface area contributed by atoms with Crippen LogP contribution in [0.2, 0.25) is 0 Å². The summed E-state index contributed by atoms with van der Waals surface area (Å²) in [4.78, 5) is 0.102. The Balaban J connectivity index is 2.40. The highest BCUT2D eigenvalue weighted by molar-refractivity contribution is 7.95. The van der Waals surface area contributed by atoms with Gasteiger partial charge in [0.1, 0.15) is 5.25 Å². The Hall–Kier alpha value is -0.960. The molecule has 1 aromatic rings. The Kier molecular flexibility index (Phi) is 4.18. The van der Waals surface area contributed by atoms with Crippen LogP contribution in [-0.2, 0) is 24.6 Å². The highest BCUT2D eigenvalue weighted by Crippen LogP contribution is 2.38. The molecular weight excluding hydrogens is 314 g/mol. The quantitative estimate of drug-likeness (QED) is 0.863. The van der Waals surface area contributed by atoms with Crippen LogP contribution < -0.4 is 4.72 Å². The van der Waals surface area contributed by atoms with Gasteiger partial charge in [-0.3, -0.25) is 0 Å². The van der Waals surface area contributed by atoms with Crippen LogP contribution in [0.5, 0.6) is 0 Å². The van der Waals surface area contributed by atoms with E-state index in [0.29, 0.717) is 5.56 Å². The number of sulfone groups is 1. The summed E-state index contributed by atoms with van der Waals surface area (Å²) in [7, 11) is -5.91. The maximum atomic E-state index is 12.5. The molecule has 0 fully saturated rings. The second-order valence-corrected chi connectivity index (χ2v) is 9.64. The molecule has 0 spiro atoms. The molecular formula is C13H19NO5S2. The zero-order valence-electron chi connectivity index (χ0n) is 12.2. The molecule has 2 rings (SSSR count). The van der Waals surface area contributed by atoms with Crippen molar-refractivity contribution in [2.75, 3.05) is 19.5 Å². The van der Waals surface area contributed by atoms with Crippen LogP contribution in [0.3, 0.4) is 0 Å². The summed E-state index contributed by atoms with van der Waals surface area (Å²) in [6.07, 6.45) is 0. The van der Waals surface area contributed by atoms with E-state index in [0.717, 1.165) is 0 Å². The van der Waals surface area contributed by atoms with E-state index < -0.39 is 36.4 Å². The SMILES string of the molecule is COCC(C)(C)NS(=O)(=O)[C@@H]1CS(=O)(=O)c2ccccc21. The van der Waals surface area contributed by atoms with Gasteiger partial charge in [-0.05, 0) is 25.5 Å². The van der Waals surface area contributed by atoms with Crippen LogP contribution in [0.25, 0.3) is 0 Å². The molecule has 1 N–H and O–H groups in total. The van der Waals surface area contributed by atoms with Crippen molar-refractivity contribution in [3.63, 3.8) is 0 Å². The number of ether oxygens (including phenoxy) is 1. The first kappa shape index (κ1) is 16.4. The standard InChI is InChI=1S/C13H19NO5S2/c1-13(2,9-19-3)14-21(17,18)12-8-20(15,16)11-7-5-4-6-10(11)12/h4-7,12,14H,8-9H2,1-3H3/t12-/m1/s1. The molecule has 1 aromatic carbocycles. The maximum Gasteiger partial charge on any atom is 0.220 e. The minimum absolute atomic E-state index is 0.102. The second-order valence-electron chi connectivity index (χ2n) is 5.77. The molecule has 118 valence electrons. The van der Waals surface area contributed by atoms with Crippen molar-refractivity contribution in [3.05, 3.63) is 29.8 Å². The number of benzene rings is 1. The maximum absolute atomic E-state index is 12.5. The van der Waals surface area contributed by atoms with Crippen molar-refractivity contribution in [1.29, 1.82) is 0 Å². The van der Waals surface area contributed by atoms with Crippen LogP contribution >= 0.6 is 0 Å². The normalized spacial score (nSPS) is 21.2. The average molecular weight is 333 g/mol. The minimum atomic E-state index is -3.83. The molecule has 1 aliphatic heterocycles. The Morgan fingerprint density at radius 3 is 2.57 bits per heavy atom. The molecule has 0 bridgehead atoms. The predicted octanol–water partition coefficient (Wildman–Crippen LogP) is 0.859. The van der Waals surface area contributed by atoms with Gasteiger partial charge in [-0.2, -0.15) is 0 Å². The lowest BCUT2D eigenvalue weighted by atomic mass is 10.1. The lowest BCUT2D eigenvalue weighted by molar-refractivity contribution is 0.141. The fraction of sp³-hybridized carbons (Fsp3) is 0.538. The van der Waals surface area contributed by atoms with Gasteiger partial charge in [-0.15, -0.1) is 0 Å². The number of fused-ring (bicyclic) bond motifs is 1.